The Labute approximate surface area is 142 Å². The van der Waals surface area contributed by atoms with Crippen LogP contribution in [0.4, 0.5) is 0 Å². The number of nitrogens with zero attached hydrogens (tertiary/aromatic N) is 1. The Kier molecular flexibility index (Phi) is 4.05. The van der Waals surface area contributed by atoms with E-state index in [1.807, 2.05) is 24.1 Å². The van der Waals surface area contributed by atoms with Crippen molar-refractivity contribution in [2.24, 2.45) is 5.73 Å². The maximum atomic E-state index is 12.3. The third-order valence-electron chi connectivity index (χ3n) is 4.88. The first-order chi connectivity index (χ1) is 10.9. The van der Waals surface area contributed by atoms with Gasteiger partial charge in [-0.3, -0.25) is 9.69 Å². The molecule has 0 aliphatic carbocycles. The van der Waals surface area contributed by atoms with Gasteiger partial charge in [-0.25, -0.2) is 0 Å². The van der Waals surface area contributed by atoms with E-state index < -0.39 is 5.66 Å². The third kappa shape index (κ3) is 2.49. The Morgan fingerprint density at radius 2 is 1.91 bits per heavy atom. The lowest BCUT2D eigenvalue weighted by atomic mass is 9.77. The molecule has 0 spiro atoms. The van der Waals surface area contributed by atoms with Crippen molar-refractivity contribution in [3.63, 3.8) is 0 Å². The smallest absolute Gasteiger partial charge is 0.169 e. The molecule has 2 N–H and O–H groups in total. The van der Waals surface area contributed by atoms with Crippen molar-refractivity contribution in [2.45, 2.75) is 25.4 Å². The van der Waals surface area contributed by atoms with Crippen LogP contribution in [-0.2, 0) is 10.5 Å². The Balaban J connectivity index is 2.22. The molecule has 0 fully saturated rings. The zero-order valence-corrected chi connectivity index (χ0v) is 14.4. The van der Waals surface area contributed by atoms with E-state index in [9.17, 15) is 4.79 Å². The van der Waals surface area contributed by atoms with Gasteiger partial charge >= 0.3 is 0 Å². The zero-order valence-electron chi connectivity index (χ0n) is 13.6. The molecule has 23 heavy (non-hydrogen) atoms. The molecule has 3 nitrogen and oxygen atoms in total. The van der Waals surface area contributed by atoms with Crippen LogP contribution >= 0.6 is 11.6 Å². The first-order valence-electron chi connectivity index (χ1n) is 7.72. The van der Waals surface area contributed by atoms with Crippen molar-refractivity contribution in [3.8, 4) is 0 Å². The lowest BCUT2D eigenvalue weighted by molar-refractivity contribution is -0.129. The second-order valence-corrected chi connectivity index (χ2v) is 6.78. The monoisotopic (exact) mass is 328 g/mol. The molecule has 0 amide bonds. The summed E-state index contributed by atoms with van der Waals surface area (Å²) in [6, 6.07) is 14.2. The van der Waals surface area contributed by atoms with E-state index in [-0.39, 0.29) is 11.7 Å². The van der Waals surface area contributed by atoms with E-state index >= 15 is 0 Å². The summed E-state index contributed by atoms with van der Waals surface area (Å²) in [5, 5.41) is 0.545. The molecule has 1 aliphatic rings. The number of Topliss-reactive ketones (excluding diaryl/α,β-unsaturated/α-hetero) is 1. The van der Waals surface area contributed by atoms with Crippen molar-refractivity contribution < 1.29 is 4.79 Å². The summed E-state index contributed by atoms with van der Waals surface area (Å²) in [6.07, 6.45) is 0. The molecule has 0 aromatic heterocycles. The van der Waals surface area contributed by atoms with Crippen LogP contribution in [0.5, 0.6) is 0 Å². The number of nitrogens with two attached hydrogens (primary N) is 1. The Hall–Kier alpha value is -1.68. The molecule has 2 atom stereocenters. The van der Waals surface area contributed by atoms with Gasteiger partial charge in [0.2, 0.25) is 0 Å². The quantitative estimate of drug-likeness (QED) is 0.918. The molecule has 1 heterocycles. The molecular weight excluding hydrogens is 308 g/mol. The predicted molar refractivity (Wildman–Crippen MR) is 93.7 cm³/mol. The SMILES string of the molecule is CC(=O)C1(N)c2c(Cl)cccc2C(c2ccc(C)cc2)CN1C. The van der Waals surface area contributed by atoms with Crippen molar-refractivity contribution in [3.05, 3.63) is 69.7 Å². The van der Waals surface area contributed by atoms with Crippen LogP contribution in [0.1, 0.15) is 35.1 Å². The highest BCUT2D eigenvalue weighted by Crippen LogP contribution is 2.43. The highest BCUT2D eigenvalue weighted by Gasteiger charge is 2.46. The summed E-state index contributed by atoms with van der Waals surface area (Å²) in [5.74, 6) is 0.0435. The molecule has 2 aromatic rings. The first-order valence-corrected chi connectivity index (χ1v) is 8.10. The summed E-state index contributed by atoms with van der Waals surface area (Å²) in [7, 11) is 1.88. The maximum Gasteiger partial charge on any atom is 0.169 e. The standard InChI is InChI=1S/C19H21ClN2O/c1-12-7-9-14(10-8-12)16-11-22(3)19(21,13(2)23)18-15(16)5-4-6-17(18)20/h4-10,16H,11,21H2,1-3H3. The second kappa shape index (κ2) is 5.75. The highest BCUT2D eigenvalue weighted by atomic mass is 35.5. The number of aryl methyl sites for hydroxylation is 1. The van der Waals surface area contributed by atoms with Crippen LogP contribution in [-0.4, -0.2) is 24.3 Å². The fourth-order valence-electron chi connectivity index (χ4n) is 3.47. The fourth-order valence-corrected chi connectivity index (χ4v) is 3.79. The van der Waals surface area contributed by atoms with Gasteiger partial charge in [0.15, 0.2) is 11.4 Å². The normalized spacial score (nSPS) is 24.3. The minimum absolute atomic E-state index is 0.100. The van der Waals surface area contributed by atoms with Gasteiger partial charge in [-0.05, 0) is 38.1 Å². The largest absolute Gasteiger partial charge is 0.303 e. The van der Waals surface area contributed by atoms with E-state index in [4.69, 9.17) is 17.3 Å². The summed E-state index contributed by atoms with van der Waals surface area (Å²) in [5.41, 5.74) is 9.54. The van der Waals surface area contributed by atoms with Crippen LogP contribution in [0.15, 0.2) is 42.5 Å². The molecule has 2 unspecified atom stereocenters. The number of rotatable bonds is 2. The number of carbonyl (C=O) groups excluding carboxylic acids is 1. The number of benzene rings is 2. The molecule has 1 aliphatic heterocycles. The van der Waals surface area contributed by atoms with Crippen LogP contribution in [0.3, 0.4) is 0 Å². The van der Waals surface area contributed by atoms with Gasteiger partial charge in [-0.2, -0.15) is 0 Å². The van der Waals surface area contributed by atoms with Gasteiger partial charge in [0.25, 0.3) is 0 Å². The lowest BCUT2D eigenvalue weighted by Gasteiger charge is -2.45. The third-order valence-corrected chi connectivity index (χ3v) is 5.19. The number of halogens is 1. The van der Waals surface area contributed by atoms with Crippen LogP contribution < -0.4 is 5.73 Å². The van der Waals surface area contributed by atoms with Gasteiger partial charge < -0.3 is 5.73 Å². The van der Waals surface area contributed by atoms with Gasteiger partial charge in [-0.1, -0.05) is 53.6 Å². The van der Waals surface area contributed by atoms with Crippen LogP contribution in [0.2, 0.25) is 5.02 Å². The second-order valence-electron chi connectivity index (χ2n) is 6.37. The summed E-state index contributed by atoms with van der Waals surface area (Å²) in [4.78, 5) is 14.2. The summed E-state index contributed by atoms with van der Waals surface area (Å²) in [6.45, 7) is 4.27. The number of likely N-dealkylation sites (N-methyl/N-ethyl adjacent to an activating group) is 1. The van der Waals surface area contributed by atoms with Crippen molar-refractivity contribution in [1.82, 2.24) is 4.90 Å². The molecule has 0 saturated heterocycles. The lowest BCUT2D eigenvalue weighted by Crippen LogP contribution is -2.60. The molecule has 3 rings (SSSR count). The van der Waals surface area contributed by atoms with E-state index in [0.29, 0.717) is 11.6 Å². The van der Waals surface area contributed by atoms with E-state index in [1.165, 1.54) is 18.1 Å². The fraction of sp³-hybridized carbons (Fsp3) is 0.316. The summed E-state index contributed by atoms with van der Waals surface area (Å²) >= 11 is 6.46. The Bertz CT molecular complexity index is 756. The number of hydrogen-bond donors (Lipinski definition) is 1. The van der Waals surface area contributed by atoms with Crippen LogP contribution in [0.25, 0.3) is 0 Å². The average molecular weight is 329 g/mol. The van der Waals surface area contributed by atoms with Gasteiger partial charge in [0.1, 0.15) is 0 Å². The van der Waals surface area contributed by atoms with Crippen LogP contribution in [0, 0.1) is 6.92 Å². The van der Waals surface area contributed by atoms with Gasteiger partial charge in [0.05, 0.1) is 0 Å². The zero-order chi connectivity index (χ0) is 16.8. The molecule has 120 valence electrons. The minimum Gasteiger partial charge on any atom is -0.303 e. The average Bonchev–Trinajstić information content (AvgIpc) is 2.51. The predicted octanol–water partition coefficient (Wildman–Crippen LogP) is 3.43. The maximum absolute atomic E-state index is 12.3. The van der Waals surface area contributed by atoms with E-state index in [2.05, 4.69) is 31.2 Å². The Morgan fingerprint density at radius 3 is 2.52 bits per heavy atom. The Morgan fingerprint density at radius 1 is 1.26 bits per heavy atom. The van der Waals surface area contributed by atoms with Gasteiger partial charge in [-0.15, -0.1) is 0 Å². The number of hydrogen-bond acceptors (Lipinski definition) is 3. The highest BCUT2D eigenvalue weighted by molar-refractivity contribution is 6.32. The molecule has 0 bridgehead atoms. The summed E-state index contributed by atoms with van der Waals surface area (Å²) < 4.78 is 0. The van der Waals surface area contributed by atoms with Gasteiger partial charge in [0, 0.05) is 23.0 Å². The minimum atomic E-state index is -1.17. The number of fused-ring (bicyclic) bond motifs is 1. The molecular formula is C19H21ClN2O. The molecule has 4 heteroatoms. The van der Waals surface area contributed by atoms with E-state index in [1.54, 1.807) is 6.07 Å². The first kappa shape index (κ1) is 16.2. The van der Waals surface area contributed by atoms with E-state index in [0.717, 1.165) is 11.1 Å². The molecule has 0 saturated carbocycles. The topological polar surface area (TPSA) is 46.3 Å². The molecule has 0 radical (unpaired) electrons. The van der Waals surface area contributed by atoms with Crippen molar-refractivity contribution in [2.75, 3.05) is 13.6 Å². The number of carbonyl (C=O) groups is 1. The number of ketones is 1. The molecule has 2 aromatic carbocycles. The van der Waals surface area contributed by atoms with Crippen molar-refractivity contribution in [1.29, 1.82) is 0 Å². The van der Waals surface area contributed by atoms with Crippen molar-refractivity contribution >= 4 is 17.4 Å².